The van der Waals surface area contributed by atoms with Gasteiger partial charge in [0.2, 0.25) is 5.91 Å². The minimum atomic E-state index is -0.266. The maximum absolute atomic E-state index is 10.9. The summed E-state index contributed by atoms with van der Waals surface area (Å²) in [6, 6.07) is 0. The largest absolute Gasteiger partial charge is 0.442 e. The number of rotatable bonds is 1. The van der Waals surface area contributed by atoms with Crippen LogP contribution in [-0.4, -0.2) is 23.8 Å². The van der Waals surface area contributed by atoms with Crippen LogP contribution in [0.25, 0.3) is 0 Å². The number of aldehydes is 1. The van der Waals surface area contributed by atoms with Crippen LogP contribution in [0, 0.1) is 0 Å². The number of nitrogens with zero attached hydrogens (tertiary/aromatic N) is 2. The molecular weight excluding hydrogens is 174 g/mol. The van der Waals surface area contributed by atoms with Crippen molar-refractivity contribution in [2.24, 2.45) is 10.1 Å². The van der Waals surface area contributed by atoms with E-state index in [9.17, 15) is 9.59 Å². The highest BCUT2D eigenvalue weighted by molar-refractivity contribution is 6.44. The number of carbonyl (C=O) groups excluding carboxylic acids is 2. The summed E-state index contributed by atoms with van der Waals surface area (Å²) >= 11 is 0. The van der Waals surface area contributed by atoms with Gasteiger partial charge in [-0.2, -0.15) is 0 Å². The number of hydrazone groups is 1. The van der Waals surface area contributed by atoms with Crippen molar-refractivity contribution in [2.45, 2.75) is 6.42 Å². The fourth-order valence-electron chi connectivity index (χ4n) is 0.979. The Balaban J connectivity index is 2.34. The first kappa shape index (κ1) is 7.66. The molecule has 1 amide bonds. The average Bonchev–Trinajstić information content (AvgIpc) is 2.16. The smallest absolute Gasteiger partial charge is 0.258 e. The SMILES string of the molecule is O=CC1=COC2=NNC(=O)CC2=N1. The van der Waals surface area contributed by atoms with Gasteiger partial charge < -0.3 is 4.74 Å². The van der Waals surface area contributed by atoms with E-state index in [0.29, 0.717) is 12.0 Å². The van der Waals surface area contributed by atoms with Crippen LogP contribution in [0.15, 0.2) is 22.1 Å². The zero-order valence-corrected chi connectivity index (χ0v) is 6.48. The van der Waals surface area contributed by atoms with Crippen molar-refractivity contribution < 1.29 is 14.3 Å². The third-order valence-corrected chi connectivity index (χ3v) is 1.53. The monoisotopic (exact) mass is 179 g/mol. The number of amides is 1. The Morgan fingerprint density at radius 3 is 3.23 bits per heavy atom. The van der Waals surface area contributed by atoms with E-state index >= 15 is 0 Å². The lowest BCUT2D eigenvalue weighted by Crippen LogP contribution is -2.35. The Hall–Kier alpha value is -1.98. The third-order valence-electron chi connectivity index (χ3n) is 1.53. The topological polar surface area (TPSA) is 80.1 Å². The standard InChI is InChI=1S/C7H5N3O3/c11-2-4-3-13-7-5(8-4)1-6(12)9-10-7/h2-3H,1H2,(H,9,12). The molecule has 2 heterocycles. The molecule has 6 nitrogen and oxygen atoms in total. The van der Waals surface area contributed by atoms with Gasteiger partial charge in [-0.15, -0.1) is 5.10 Å². The van der Waals surface area contributed by atoms with Gasteiger partial charge in [0.15, 0.2) is 6.29 Å². The van der Waals surface area contributed by atoms with Crippen LogP contribution in [0.5, 0.6) is 0 Å². The fraction of sp³-hybridized carbons (Fsp3) is 0.143. The summed E-state index contributed by atoms with van der Waals surface area (Å²) in [6.45, 7) is 0. The summed E-state index contributed by atoms with van der Waals surface area (Å²) in [5.74, 6) is -0.0246. The first-order chi connectivity index (χ1) is 6.29. The normalized spacial score (nSPS) is 20.0. The molecule has 0 unspecified atom stereocenters. The number of nitrogens with one attached hydrogen (secondary N) is 1. The highest BCUT2D eigenvalue weighted by Crippen LogP contribution is 2.09. The Labute approximate surface area is 73.0 Å². The van der Waals surface area contributed by atoms with Crippen molar-refractivity contribution in [1.82, 2.24) is 5.43 Å². The molecule has 0 aromatic carbocycles. The number of ether oxygens (including phenoxy) is 1. The van der Waals surface area contributed by atoms with Crippen LogP contribution in [-0.2, 0) is 14.3 Å². The van der Waals surface area contributed by atoms with Crippen molar-refractivity contribution in [1.29, 1.82) is 0 Å². The lowest BCUT2D eigenvalue weighted by atomic mass is 10.2. The highest BCUT2D eigenvalue weighted by atomic mass is 16.5. The molecule has 2 rings (SSSR count). The second-order valence-corrected chi connectivity index (χ2v) is 2.47. The molecule has 0 saturated carbocycles. The van der Waals surface area contributed by atoms with Crippen LogP contribution >= 0.6 is 0 Å². The summed E-state index contributed by atoms with van der Waals surface area (Å²) in [5.41, 5.74) is 2.78. The molecule has 0 aromatic heterocycles. The highest BCUT2D eigenvalue weighted by Gasteiger charge is 2.23. The average molecular weight is 179 g/mol. The predicted octanol–water partition coefficient (Wildman–Crippen LogP) is -0.669. The van der Waals surface area contributed by atoms with E-state index in [0.717, 1.165) is 0 Å². The van der Waals surface area contributed by atoms with Crippen molar-refractivity contribution >= 4 is 23.8 Å². The molecule has 0 spiro atoms. The minimum absolute atomic E-state index is 0.0873. The number of hydrogen-bond donors (Lipinski definition) is 1. The first-order valence-corrected chi connectivity index (χ1v) is 3.56. The molecule has 2 aliphatic rings. The molecule has 1 N–H and O–H groups in total. The molecule has 13 heavy (non-hydrogen) atoms. The number of hydrogen-bond acceptors (Lipinski definition) is 5. The summed E-state index contributed by atoms with van der Waals surface area (Å²) < 4.78 is 4.94. The van der Waals surface area contributed by atoms with E-state index in [4.69, 9.17) is 4.74 Å². The Morgan fingerprint density at radius 2 is 2.46 bits per heavy atom. The molecule has 0 fully saturated rings. The van der Waals surface area contributed by atoms with E-state index < -0.39 is 0 Å². The maximum atomic E-state index is 10.9. The minimum Gasteiger partial charge on any atom is -0.442 e. The molecule has 0 bridgehead atoms. The molecule has 0 atom stereocenters. The van der Waals surface area contributed by atoms with Crippen molar-refractivity contribution in [3.8, 4) is 0 Å². The van der Waals surface area contributed by atoms with E-state index in [1.165, 1.54) is 6.26 Å². The van der Waals surface area contributed by atoms with Gasteiger partial charge >= 0.3 is 0 Å². The van der Waals surface area contributed by atoms with Gasteiger partial charge in [0.1, 0.15) is 17.7 Å². The summed E-state index contributed by atoms with van der Waals surface area (Å²) in [7, 11) is 0. The second-order valence-electron chi connectivity index (χ2n) is 2.47. The predicted molar refractivity (Wildman–Crippen MR) is 42.9 cm³/mol. The molecule has 0 saturated heterocycles. The fourth-order valence-corrected chi connectivity index (χ4v) is 0.979. The van der Waals surface area contributed by atoms with E-state index in [1.807, 2.05) is 0 Å². The molecular formula is C7H5N3O3. The number of carbonyl (C=O) groups is 2. The number of fused-ring (bicyclic) bond motifs is 1. The van der Waals surface area contributed by atoms with Crippen molar-refractivity contribution in [3.05, 3.63) is 12.0 Å². The first-order valence-electron chi connectivity index (χ1n) is 3.56. The van der Waals surface area contributed by atoms with Gasteiger partial charge in [0.25, 0.3) is 5.90 Å². The van der Waals surface area contributed by atoms with Crippen LogP contribution < -0.4 is 5.43 Å². The molecule has 0 aromatic rings. The van der Waals surface area contributed by atoms with Crippen LogP contribution in [0.1, 0.15) is 6.42 Å². The van der Waals surface area contributed by atoms with Gasteiger partial charge in [0.05, 0.1) is 6.42 Å². The molecule has 66 valence electrons. The number of allylic oxidation sites excluding steroid dienone is 1. The van der Waals surface area contributed by atoms with E-state index in [1.54, 1.807) is 0 Å². The molecule has 2 aliphatic heterocycles. The van der Waals surface area contributed by atoms with Gasteiger partial charge in [-0.25, -0.2) is 10.4 Å². The second kappa shape index (κ2) is 2.81. The zero-order valence-electron chi connectivity index (χ0n) is 6.48. The number of aliphatic imine (C=N–C) groups is 1. The van der Waals surface area contributed by atoms with Gasteiger partial charge in [-0.1, -0.05) is 0 Å². The Bertz CT molecular complexity index is 367. The van der Waals surface area contributed by atoms with E-state index in [-0.39, 0.29) is 23.9 Å². The third kappa shape index (κ3) is 1.33. The Morgan fingerprint density at radius 1 is 1.62 bits per heavy atom. The van der Waals surface area contributed by atoms with Crippen molar-refractivity contribution in [2.75, 3.05) is 0 Å². The maximum Gasteiger partial charge on any atom is 0.258 e. The molecule has 0 radical (unpaired) electrons. The molecule has 0 aliphatic carbocycles. The van der Waals surface area contributed by atoms with E-state index in [2.05, 4.69) is 15.5 Å². The zero-order chi connectivity index (χ0) is 9.26. The Kier molecular flexibility index (Phi) is 1.66. The van der Waals surface area contributed by atoms with Gasteiger partial charge in [0, 0.05) is 0 Å². The summed E-state index contributed by atoms with van der Waals surface area (Å²) in [6.07, 6.45) is 1.83. The lowest BCUT2D eigenvalue weighted by molar-refractivity contribution is -0.120. The van der Waals surface area contributed by atoms with Gasteiger partial charge in [-0.3, -0.25) is 9.59 Å². The quantitative estimate of drug-likeness (QED) is 0.542. The van der Waals surface area contributed by atoms with Crippen molar-refractivity contribution in [3.63, 3.8) is 0 Å². The van der Waals surface area contributed by atoms with Crippen LogP contribution in [0.3, 0.4) is 0 Å². The van der Waals surface area contributed by atoms with Crippen LogP contribution in [0.2, 0.25) is 0 Å². The summed E-state index contributed by atoms with van der Waals surface area (Å²) in [5, 5.41) is 3.60. The van der Waals surface area contributed by atoms with Gasteiger partial charge in [-0.05, 0) is 0 Å². The summed E-state index contributed by atoms with van der Waals surface area (Å²) in [4.78, 5) is 25.0. The molecule has 6 heteroatoms. The van der Waals surface area contributed by atoms with Crippen LogP contribution in [0.4, 0.5) is 0 Å². The lowest BCUT2D eigenvalue weighted by Gasteiger charge is -2.16.